The van der Waals surface area contributed by atoms with Crippen molar-refractivity contribution >= 4 is 17.2 Å². The van der Waals surface area contributed by atoms with Gasteiger partial charge in [0, 0.05) is 10.8 Å². The first-order chi connectivity index (χ1) is 9.81. The molecular formula is C14H16N4OS. The summed E-state index contributed by atoms with van der Waals surface area (Å²) in [5.74, 6) is 1.45. The van der Waals surface area contributed by atoms with Crippen molar-refractivity contribution in [1.29, 1.82) is 0 Å². The number of carbonyl (C=O) groups excluding carboxylic acids is 1. The molecule has 5 nitrogen and oxygen atoms in total. The number of H-pyrrole nitrogens is 1. The van der Waals surface area contributed by atoms with Crippen molar-refractivity contribution in [2.24, 2.45) is 0 Å². The molecule has 2 heterocycles. The van der Waals surface area contributed by atoms with Gasteiger partial charge >= 0.3 is 0 Å². The van der Waals surface area contributed by atoms with Crippen molar-refractivity contribution in [3.05, 3.63) is 33.5 Å². The Bertz CT molecular complexity index is 643. The van der Waals surface area contributed by atoms with E-state index in [4.69, 9.17) is 0 Å². The van der Waals surface area contributed by atoms with Crippen LogP contribution in [0.3, 0.4) is 0 Å². The van der Waals surface area contributed by atoms with E-state index in [9.17, 15) is 4.79 Å². The number of nitrogens with one attached hydrogen (secondary N) is 2. The van der Waals surface area contributed by atoms with Crippen LogP contribution >= 0.6 is 11.3 Å². The van der Waals surface area contributed by atoms with Gasteiger partial charge in [0.2, 0.25) is 5.82 Å². The monoisotopic (exact) mass is 288 g/mol. The Balaban J connectivity index is 1.50. The summed E-state index contributed by atoms with van der Waals surface area (Å²) in [4.78, 5) is 18.0. The average molecular weight is 288 g/mol. The topological polar surface area (TPSA) is 70.7 Å². The van der Waals surface area contributed by atoms with Gasteiger partial charge in [-0.15, -0.1) is 16.4 Å². The number of carbonyl (C=O) groups is 1. The molecule has 1 fully saturated rings. The number of hydrogen-bond acceptors (Lipinski definition) is 4. The van der Waals surface area contributed by atoms with E-state index >= 15 is 0 Å². The Morgan fingerprint density at radius 1 is 1.40 bits per heavy atom. The lowest BCUT2D eigenvalue weighted by Crippen LogP contribution is -2.31. The second kappa shape index (κ2) is 4.70. The highest BCUT2D eigenvalue weighted by molar-refractivity contribution is 7.10. The number of rotatable bonds is 3. The van der Waals surface area contributed by atoms with Crippen LogP contribution in [0.2, 0.25) is 0 Å². The smallest absolute Gasteiger partial charge is 0.291 e. The summed E-state index contributed by atoms with van der Waals surface area (Å²) in [5, 5.41) is 12.1. The highest BCUT2D eigenvalue weighted by Crippen LogP contribution is 2.38. The fourth-order valence-corrected chi connectivity index (χ4v) is 3.76. The molecule has 2 aromatic heterocycles. The number of amides is 1. The number of aromatic amines is 1. The fraction of sp³-hybridized carbons (Fsp3) is 0.500. The molecule has 0 spiro atoms. The van der Waals surface area contributed by atoms with Crippen LogP contribution in [0.25, 0.3) is 0 Å². The molecule has 2 aromatic rings. The zero-order valence-corrected chi connectivity index (χ0v) is 11.9. The van der Waals surface area contributed by atoms with E-state index in [2.05, 4.69) is 31.9 Å². The van der Waals surface area contributed by atoms with Crippen molar-refractivity contribution in [3.63, 3.8) is 0 Å². The predicted molar refractivity (Wildman–Crippen MR) is 75.8 cm³/mol. The quantitative estimate of drug-likeness (QED) is 0.911. The maximum Gasteiger partial charge on any atom is 0.291 e. The molecule has 104 valence electrons. The molecule has 6 heteroatoms. The summed E-state index contributed by atoms with van der Waals surface area (Å²) >= 11 is 1.78. The van der Waals surface area contributed by atoms with Gasteiger partial charge in [-0.3, -0.25) is 9.89 Å². The Hall–Kier alpha value is -1.69. The maximum atomic E-state index is 12.2. The van der Waals surface area contributed by atoms with Crippen LogP contribution in [-0.4, -0.2) is 21.1 Å². The molecule has 0 radical (unpaired) electrons. The first kappa shape index (κ1) is 12.1. The largest absolute Gasteiger partial charge is 0.342 e. The van der Waals surface area contributed by atoms with Crippen molar-refractivity contribution in [1.82, 2.24) is 20.5 Å². The number of thiophene rings is 1. The molecule has 0 bridgehead atoms. The molecule has 0 aromatic carbocycles. The van der Waals surface area contributed by atoms with Crippen molar-refractivity contribution in [3.8, 4) is 0 Å². The van der Waals surface area contributed by atoms with Crippen LogP contribution < -0.4 is 5.32 Å². The molecule has 1 amide bonds. The Morgan fingerprint density at radius 3 is 3.15 bits per heavy atom. The zero-order chi connectivity index (χ0) is 13.5. The number of aromatic nitrogens is 3. The lowest BCUT2D eigenvalue weighted by molar-refractivity contribution is 0.0922. The fourth-order valence-electron chi connectivity index (χ4n) is 2.77. The Morgan fingerprint density at radius 2 is 2.30 bits per heavy atom. The van der Waals surface area contributed by atoms with E-state index in [-0.39, 0.29) is 17.8 Å². The second-order valence-electron chi connectivity index (χ2n) is 5.54. The van der Waals surface area contributed by atoms with Gasteiger partial charge in [-0.2, -0.15) is 0 Å². The summed E-state index contributed by atoms with van der Waals surface area (Å²) in [7, 11) is 0. The molecule has 2 aliphatic rings. The number of aryl methyl sites for hydroxylation is 1. The second-order valence-corrected chi connectivity index (χ2v) is 6.54. The van der Waals surface area contributed by atoms with Gasteiger partial charge in [-0.25, -0.2) is 4.98 Å². The SMILES string of the molecule is O=C(NC1CCCc2sccc21)c1n[nH]c(C2CC2)n1. The Kier molecular flexibility index (Phi) is 2.84. The molecule has 1 saturated carbocycles. The van der Waals surface area contributed by atoms with E-state index in [1.165, 1.54) is 10.4 Å². The van der Waals surface area contributed by atoms with Gasteiger partial charge in [-0.05, 0) is 49.1 Å². The van der Waals surface area contributed by atoms with Crippen molar-refractivity contribution in [2.75, 3.05) is 0 Å². The predicted octanol–water partition coefficient (Wildman–Crippen LogP) is 2.55. The maximum absolute atomic E-state index is 12.2. The minimum absolute atomic E-state index is 0.111. The minimum Gasteiger partial charge on any atom is -0.342 e. The molecule has 0 saturated heterocycles. The molecule has 20 heavy (non-hydrogen) atoms. The highest BCUT2D eigenvalue weighted by Gasteiger charge is 2.29. The van der Waals surface area contributed by atoms with Gasteiger partial charge in [-0.1, -0.05) is 0 Å². The molecular weight excluding hydrogens is 272 g/mol. The summed E-state index contributed by atoms with van der Waals surface area (Å²) in [5.41, 5.74) is 1.27. The number of fused-ring (bicyclic) bond motifs is 1. The molecule has 1 atom stereocenters. The standard InChI is InChI=1S/C14H16N4OS/c19-14(13-16-12(17-18-13)8-4-5-8)15-10-2-1-3-11-9(10)6-7-20-11/h6-8,10H,1-5H2,(H,15,19)(H,16,17,18). The van der Waals surface area contributed by atoms with Crippen LogP contribution in [0.15, 0.2) is 11.4 Å². The van der Waals surface area contributed by atoms with E-state index < -0.39 is 0 Å². The van der Waals surface area contributed by atoms with Gasteiger partial charge in [0.1, 0.15) is 5.82 Å². The van der Waals surface area contributed by atoms with E-state index in [0.717, 1.165) is 37.9 Å². The van der Waals surface area contributed by atoms with Crippen LogP contribution in [-0.2, 0) is 6.42 Å². The molecule has 2 aliphatic carbocycles. The number of hydrogen-bond donors (Lipinski definition) is 2. The van der Waals surface area contributed by atoms with Crippen molar-refractivity contribution < 1.29 is 4.79 Å². The van der Waals surface area contributed by atoms with Gasteiger partial charge in [0.15, 0.2) is 0 Å². The minimum atomic E-state index is -0.169. The van der Waals surface area contributed by atoms with E-state index in [0.29, 0.717) is 5.92 Å². The first-order valence-electron chi connectivity index (χ1n) is 7.10. The lowest BCUT2D eigenvalue weighted by atomic mass is 9.94. The first-order valence-corrected chi connectivity index (χ1v) is 7.98. The molecule has 0 aliphatic heterocycles. The summed E-state index contributed by atoms with van der Waals surface area (Å²) in [6, 6.07) is 2.23. The molecule has 4 rings (SSSR count). The third-order valence-corrected chi connectivity index (χ3v) is 5.02. The van der Waals surface area contributed by atoms with Gasteiger partial charge in [0.05, 0.1) is 6.04 Å². The third-order valence-electron chi connectivity index (χ3n) is 4.03. The van der Waals surface area contributed by atoms with Crippen LogP contribution in [0.1, 0.15) is 64.5 Å². The molecule has 1 unspecified atom stereocenters. The summed E-state index contributed by atoms with van der Waals surface area (Å²) in [6.07, 6.45) is 5.55. The van der Waals surface area contributed by atoms with E-state index in [1.807, 2.05) is 0 Å². The Labute approximate surface area is 120 Å². The zero-order valence-electron chi connectivity index (χ0n) is 11.1. The normalized spacial score (nSPS) is 21.5. The number of nitrogens with zero attached hydrogens (tertiary/aromatic N) is 2. The van der Waals surface area contributed by atoms with Gasteiger partial charge in [0.25, 0.3) is 5.91 Å². The summed E-state index contributed by atoms with van der Waals surface area (Å²) < 4.78 is 0. The van der Waals surface area contributed by atoms with Gasteiger partial charge < -0.3 is 5.32 Å². The lowest BCUT2D eigenvalue weighted by Gasteiger charge is -2.23. The van der Waals surface area contributed by atoms with Crippen LogP contribution in [0, 0.1) is 0 Å². The van der Waals surface area contributed by atoms with E-state index in [1.54, 1.807) is 11.3 Å². The van der Waals surface area contributed by atoms with Crippen LogP contribution in [0.4, 0.5) is 0 Å². The summed E-state index contributed by atoms with van der Waals surface area (Å²) in [6.45, 7) is 0. The highest BCUT2D eigenvalue weighted by atomic mass is 32.1. The third kappa shape index (κ3) is 2.14. The van der Waals surface area contributed by atoms with Crippen LogP contribution in [0.5, 0.6) is 0 Å². The average Bonchev–Trinajstić information content (AvgIpc) is 3.01. The van der Waals surface area contributed by atoms with Crippen molar-refractivity contribution in [2.45, 2.75) is 44.1 Å². The molecule has 2 N–H and O–H groups in total.